The van der Waals surface area contributed by atoms with Crippen molar-refractivity contribution in [1.29, 1.82) is 0 Å². The van der Waals surface area contributed by atoms with E-state index in [4.69, 9.17) is 0 Å². The van der Waals surface area contributed by atoms with Crippen molar-refractivity contribution in [3.05, 3.63) is 58.3 Å². The van der Waals surface area contributed by atoms with Gasteiger partial charge in [0.2, 0.25) is 0 Å². The Labute approximate surface area is 138 Å². The van der Waals surface area contributed by atoms with Crippen LogP contribution in [0.4, 0.5) is 11.5 Å². The van der Waals surface area contributed by atoms with Gasteiger partial charge < -0.3 is 5.32 Å². The molecule has 2 aromatic carbocycles. The van der Waals surface area contributed by atoms with E-state index < -0.39 is 0 Å². The molecule has 3 rings (SSSR count). The average molecular weight is 365 g/mol. The fraction of sp³-hybridized carbons (Fsp3) is 0.125. The quantitative estimate of drug-likeness (QED) is 0.681. The number of halogens is 2. The predicted octanol–water partition coefficient (Wildman–Crippen LogP) is 5.17. The standard InChI is InChI=1S/C16H14BrN3.ClH/c1-10-4-3-5-11(2)15(10)20-16-13-8-12(17)6-7-14(13)18-9-19-16;/h3-9H,1-2H3,(H,18,19,20);1H. The van der Waals surface area contributed by atoms with E-state index in [0.717, 1.165) is 26.9 Å². The van der Waals surface area contributed by atoms with Crippen LogP contribution in [-0.2, 0) is 0 Å². The van der Waals surface area contributed by atoms with Crippen LogP contribution in [0.3, 0.4) is 0 Å². The molecule has 1 N–H and O–H groups in total. The summed E-state index contributed by atoms with van der Waals surface area (Å²) in [6, 6.07) is 12.2. The van der Waals surface area contributed by atoms with Crippen molar-refractivity contribution in [1.82, 2.24) is 9.97 Å². The lowest BCUT2D eigenvalue weighted by Gasteiger charge is -2.13. The minimum Gasteiger partial charge on any atom is -0.339 e. The van der Waals surface area contributed by atoms with E-state index in [-0.39, 0.29) is 12.4 Å². The molecule has 108 valence electrons. The number of nitrogens with one attached hydrogen (secondary N) is 1. The first-order chi connectivity index (χ1) is 9.65. The van der Waals surface area contributed by atoms with E-state index in [2.05, 4.69) is 63.3 Å². The van der Waals surface area contributed by atoms with E-state index in [1.165, 1.54) is 11.1 Å². The zero-order valence-corrected chi connectivity index (χ0v) is 14.1. The first kappa shape index (κ1) is 15.7. The number of hydrogen-bond donors (Lipinski definition) is 1. The summed E-state index contributed by atoms with van der Waals surface area (Å²) < 4.78 is 1.02. The highest BCUT2D eigenvalue weighted by Crippen LogP contribution is 2.28. The molecule has 0 saturated carbocycles. The molecule has 5 heteroatoms. The van der Waals surface area contributed by atoms with E-state index in [9.17, 15) is 0 Å². The number of benzene rings is 2. The number of rotatable bonds is 2. The van der Waals surface area contributed by atoms with Crippen LogP contribution >= 0.6 is 28.3 Å². The van der Waals surface area contributed by atoms with Crippen LogP contribution < -0.4 is 5.32 Å². The Morgan fingerprint density at radius 1 is 1.00 bits per heavy atom. The SMILES string of the molecule is Cc1cccc(C)c1Nc1ncnc2ccc(Br)cc12.Cl. The number of fused-ring (bicyclic) bond motifs is 1. The summed E-state index contributed by atoms with van der Waals surface area (Å²) in [7, 11) is 0. The number of aryl methyl sites for hydroxylation is 2. The summed E-state index contributed by atoms with van der Waals surface area (Å²) in [5, 5.41) is 4.44. The molecule has 21 heavy (non-hydrogen) atoms. The van der Waals surface area contributed by atoms with Crippen molar-refractivity contribution in [2.24, 2.45) is 0 Å². The van der Waals surface area contributed by atoms with Crippen molar-refractivity contribution in [2.75, 3.05) is 5.32 Å². The van der Waals surface area contributed by atoms with E-state index >= 15 is 0 Å². The smallest absolute Gasteiger partial charge is 0.141 e. The molecule has 3 aromatic rings. The molecule has 1 heterocycles. The molecule has 0 radical (unpaired) electrons. The fourth-order valence-electron chi connectivity index (χ4n) is 2.26. The second-order valence-electron chi connectivity index (χ2n) is 4.78. The molecule has 0 fully saturated rings. The minimum absolute atomic E-state index is 0. The van der Waals surface area contributed by atoms with Crippen molar-refractivity contribution in [3.63, 3.8) is 0 Å². The van der Waals surface area contributed by atoms with Gasteiger partial charge in [0.25, 0.3) is 0 Å². The summed E-state index contributed by atoms with van der Waals surface area (Å²) in [4.78, 5) is 8.68. The molecule has 0 spiro atoms. The second kappa shape index (κ2) is 6.41. The minimum atomic E-state index is 0. The monoisotopic (exact) mass is 363 g/mol. The number of anilines is 2. The molecule has 0 aliphatic rings. The maximum Gasteiger partial charge on any atom is 0.141 e. The van der Waals surface area contributed by atoms with Gasteiger partial charge in [0.05, 0.1) is 5.52 Å². The Balaban J connectivity index is 0.00000161. The Hall–Kier alpha value is -1.65. The number of hydrogen-bond acceptors (Lipinski definition) is 3. The fourth-order valence-corrected chi connectivity index (χ4v) is 2.62. The molecule has 0 aliphatic carbocycles. The van der Waals surface area contributed by atoms with Crippen molar-refractivity contribution in [2.45, 2.75) is 13.8 Å². The molecule has 1 aromatic heterocycles. The van der Waals surface area contributed by atoms with Crippen molar-refractivity contribution in [3.8, 4) is 0 Å². The molecule has 3 nitrogen and oxygen atoms in total. The van der Waals surface area contributed by atoms with E-state index in [0.29, 0.717) is 0 Å². The average Bonchev–Trinajstić information content (AvgIpc) is 2.43. The Bertz CT molecular complexity index is 769. The molecule has 0 atom stereocenters. The third-order valence-corrected chi connectivity index (χ3v) is 3.82. The van der Waals surface area contributed by atoms with Crippen LogP contribution in [0.2, 0.25) is 0 Å². The molecular formula is C16H15BrClN3. The van der Waals surface area contributed by atoms with Gasteiger partial charge in [0, 0.05) is 15.5 Å². The van der Waals surface area contributed by atoms with Gasteiger partial charge >= 0.3 is 0 Å². The first-order valence-electron chi connectivity index (χ1n) is 6.38. The zero-order chi connectivity index (χ0) is 14.1. The molecule has 0 saturated heterocycles. The summed E-state index contributed by atoms with van der Waals surface area (Å²) in [5.74, 6) is 0.828. The third kappa shape index (κ3) is 3.17. The Morgan fingerprint density at radius 3 is 2.43 bits per heavy atom. The van der Waals surface area contributed by atoms with Crippen LogP contribution in [-0.4, -0.2) is 9.97 Å². The van der Waals surface area contributed by atoms with Gasteiger partial charge in [0.1, 0.15) is 12.1 Å². The molecule has 0 bridgehead atoms. The molecule has 0 amide bonds. The summed E-state index contributed by atoms with van der Waals surface area (Å²) in [6.45, 7) is 4.18. The number of para-hydroxylation sites is 1. The maximum absolute atomic E-state index is 4.38. The van der Waals surface area contributed by atoms with Gasteiger partial charge in [-0.2, -0.15) is 0 Å². The van der Waals surface area contributed by atoms with Gasteiger partial charge in [0.15, 0.2) is 0 Å². The lowest BCUT2D eigenvalue weighted by atomic mass is 10.1. The number of nitrogens with zero attached hydrogens (tertiary/aromatic N) is 2. The van der Waals surface area contributed by atoms with Gasteiger partial charge in [-0.15, -0.1) is 12.4 Å². The second-order valence-corrected chi connectivity index (χ2v) is 5.69. The van der Waals surface area contributed by atoms with E-state index in [1.54, 1.807) is 6.33 Å². The number of aromatic nitrogens is 2. The lowest BCUT2D eigenvalue weighted by Crippen LogP contribution is -1.99. The molecule has 0 aliphatic heterocycles. The predicted molar refractivity (Wildman–Crippen MR) is 93.7 cm³/mol. The molecule has 0 unspecified atom stereocenters. The Kier molecular flexibility index (Phi) is 4.80. The van der Waals surface area contributed by atoms with Gasteiger partial charge in [-0.25, -0.2) is 9.97 Å². The van der Waals surface area contributed by atoms with Gasteiger partial charge in [-0.1, -0.05) is 34.1 Å². The lowest BCUT2D eigenvalue weighted by molar-refractivity contribution is 1.21. The van der Waals surface area contributed by atoms with Crippen LogP contribution in [0.5, 0.6) is 0 Å². The molecular weight excluding hydrogens is 350 g/mol. The maximum atomic E-state index is 4.38. The summed E-state index contributed by atoms with van der Waals surface area (Å²) in [5.41, 5.74) is 4.43. The topological polar surface area (TPSA) is 37.8 Å². The first-order valence-corrected chi connectivity index (χ1v) is 7.18. The van der Waals surface area contributed by atoms with Gasteiger partial charge in [-0.05, 0) is 43.2 Å². The van der Waals surface area contributed by atoms with Crippen LogP contribution in [0.15, 0.2) is 47.2 Å². The highest BCUT2D eigenvalue weighted by atomic mass is 79.9. The normalized spacial score (nSPS) is 10.2. The summed E-state index contributed by atoms with van der Waals surface area (Å²) in [6.07, 6.45) is 1.59. The highest BCUT2D eigenvalue weighted by molar-refractivity contribution is 9.10. The van der Waals surface area contributed by atoms with Crippen LogP contribution in [0, 0.1) is 13.8 Å². The zero-order valence-electron chi connectivity index (χ0n) is 11.7. The van der Waals surface area contributed by atoms with Gasteiger partial charge in [-0.3, -0.25) is 0 Å². The largest absolute Gasteiger partial charge is 0.339 e. The van der Waals surface area contributed by atoms with Crippen LogP contribution in [0.25, 0.3) is 10.9 Å². The summed E-state index contributed by atoms with van der Waals surface area (Å²) >= 11 is 3.50. The van der Waals surface area contributed by atoms with Crippen molar-refractivity contribution < 1.29 is 0 Å². The third-order valence-electron chi connectivity index (χ3n) is 3.32. The van der Waals surface area contributed by atoms with Crippen LogP contribution in [0.1, 0.15) is 11.1 Å². The Morgan fingerprint density at radius 2 is 1.71 bits per heavy atom. The van der Waals surface area contributed by atoms with E-state index in [1.807, 2.05) is 18.2 Å². The highest BCUT2D eigenvalue weighted by Gasteiger charge is 2.07. The van der Waals surface area contributed by atoms with Crippen molar-refractivity contribution >= 4 is 50.7 Å².